The Kier molecular flexibility index (Phi) is 17.0. The molecule has 0 fully saturated rings. The molecule has 0 aliphatic carbocycles. The van der Waals surface area contributed by atoms with Crippen LogP contribution in [-0.2, 0) is 19.1 Å². The van der Waals surface area contributed by atoms with Crippen LogP contribution in [0.1, 0.15) is 71.6 Å². The number of nitrogens with one attached hydrogen (secondary N) is 1. The molecular weight excluding hydrogens is 386 g/mol. The zero-order valence-electron chi connectivity index (χ0n) is 15.8. The standard InChI is InChI=1S/C19H34BrNO4/c1-3-5-7-9-13-24-18(22)15-17(21-12-11-20)16-19(23)25-14-10-8-6-4-2/h15,21H,3-14,16H2,1-2H3. The predicted molar refractivity (Wildman–Crippen MR) is 105 cm³/mol. The molecule has 0 saturated heterocycles. The van der Waals surface area contributed by atoms with Crippen molar-refractivity contribution in [2.75, 3.05) is 25.1 Å². The lowest BCUT2D eigenvalue weighted by molar-refractivity contribution is -0.143. The molecule has 5 nitrogen and oxygen atoms in total. The molecule has 0 saturated carbocycles. The molecule has 0 rings (SSSR count). The summed E-state index contributed by atoms with van der Waals surface area (Å²) < 4.78 is 10.4. The highest BCUT2D eigenvalue weighted by Gasteiger charge is 2.10. The fourth-order valence-corrected chi connectivity index (χ4v) is 2.38. The fourth-order valence-electron chi connectivity index (χ4n) is 2.18. The van der Waals surface area contributed by atoms with E-state index in [1.807, 2.05) is 0 Å². The molecule has 0 aliphatic rings. The molecule has 146 valence electrons. The summed E-state index contributed by atoms with van der Waals surface area (Å²) in [7, 11) is 0. The second-order valence-corrected chi connectivity index (χ2v) is 6.76. The van der Waals surface area contributed by atoms with Gasteiger partial charge in [0.2, 0.25) is 0 Å². The highest BCUT2D eigenvalue weighted by molar-refractivity contribution is 9.09. The van der Waals surface area contributed by atoms with Crippen molar-refractivity contribution in [3.63, 3.8) is 0 Å². The van der Waals surface area contributed by atoms with Gasteiger partial charge in [-0.15, -0.1) is 0 Å². The van der Waals surface area contributed by atoms with Crippen LogP contribution in [0.2, 0.25) is 0 Å². The molecule has 0 spiro atoms. The Labute approximate surface area is 161 Å². The van der Waals surface area contributed by atoms with Gasteiger partial charge in [0.15, 0.2) is 0 Å². The average molecular weight is 420 g/mol. The van der Waals surface area contributed by atoms with E-state index < -0.39 is 5.97 Å². The van der Waals surface area contributed by atoms with Gasteiger partial charge in [0.25, 0.3) is 0 Å². The van der Waals surface area contributed by atoms with Gasteiger partial charge in [-0.3, -0.25) is 4.79 Å². The summed E-state index contributed by atoms with van der Waals surface area (Å²) in [6.45, 7) is 5.76. The number of rotatable bonds is 16. The molecule has 25 heavy (non-hydrogen) atoms. The van der Waals surface area contributed by atoms with E-state index in [-0.39, 0.29) is 12.4 Å². The Bertz CT molecular complexity index is 386. The van der Waals surface area contributed by atoms with Gasteiger partial charge in [-0.2, -0.15) is 0 Å². The highest BCUT2D eigenvalue weighted by atomic mass is 79.9. The van der Waals surface area contributed by atoms with Crippen molar-refractivity contribution in [3.05, 3.63) is 11.8 Å². The second-order valence-electron chi connectivity index (χ2n) is 5.97. The Morgan fingerprint density at radius 2 is 1.52 bits per heavy atom. The van der Waals surface area contributed by atoms with Crippen LogP contribution in [0.15, 0.2) is 11.8 Å². The van der Waals surface area contributed by atoms with Crippen LogP contribution in [0.25, 0.3) is 0 Å². The summed E-state index contributed by atoms with van der Waals surface area (Å²) in [4.78, 5) is 23.8. The van der Waals surface area contributed by atoms with Crippen molar-refractivity contribution in [1.29, 1.82) is 0 Å². The number of carbonyl (C=O) groups excluding carboxylic acids is 2. The highest BCUT2D eigenvalue weighted by Crippen LogP contribution is 2.05. The number of hydrogen-bond donors (Lipinski definition) is 1. The molecule has 0 aromatic rings. The van der Waals surface area contributed by atoms with Crippen LogP contribution in [0, 0.1) is 0 Å². The normalized spacial score (nSPS) is 11.2. The van der Waals surface area contributed by atoms with Gasteiger partial charge >= 0.3 is 11.9 Å². The van der Waals surface area contributed by atoms with Crippen molar-refractivity contribution in [3.8, 4) is 0 Å². The maximum atomic E-state index is 11.9. The fraction of sp³-hybridized carbons (Fsp3) is 0.789. The lowest BCUT2D eigenvalue weighted by Crippen LogP contribution is -2.21. The van der Waals surface area contributed by atoms with Crippen molar-refractivity contribution >= 4 is 27.9 Å². The minimum Gasteiger partial charge on any atom is -0.465 e. The van der Waals surface area contributed by atoms with Crippen LogP contribution in [0.3, 0.4) is 0 Å². The first kappa shape index (κ1) is 24.0. The van der Waals surface area contributed by atoms with Crippen molar-refractivity contribution in [1.82, 2.24) is 5.32 Å². The minimum atomic E-state index is -0.413. The lowest BCUT2D eigenvalue weighted by atomic mass is 10.2. The third-order valence-electron chi connectivity index (χ3n) is 3.58. The Balaban J connectivity index is 4.22. The Morgan fingerprint density at radius 3 is 2.08 bits per heavy atom. The van der Waals surface area contributed by atoms with Gasteiger partial charge in [-0.1, -0.05) is 68.3 Å². The van der Waals surface area contributed by atoms with Gasteiger partial charge in [0.1, 0.15) is 0 Å². The number of halogens is 1. The van der Waals surface area contributed by atoms with Gasteiger partial charge in [0, 0.05) is 23.6 Å². The molecule has 0 aromatic carbocycles. The quantitative estimate of drug-likeness (QED) is 0.173. The van der Waals surface area contributed by atoms with Crippen LogP contribution in [-0.4, -0.2) is 37.0 Å². The Hall–Kier alpha value is -1.04. The first-order valence-electron chi connectivity index (χ1n) is 9.46. The molecule has 0 bridgehead atoms. The largest absolute Gasteiger partial charge is 0.465 e. The van der Waals surface area contributed by atoms with E-state index in [2.05, 4.69) is 35.1 Å². The molecule has 0 atom stereocenters. The SMILES string of the molecule is CCCCCCOC(=O)C=C(CC(=O)OCCCCCC)NCCBr. The zero-order chi connectivity index (χ0) is 18.8. The molecule has 0 aliphatic heterocycles. The number of esters is 2. The van der Waals surface area contributed by atoms with Gasteiger partial charge in [-0.25, -0.2) is 4.79 Å². The zero-order valence-corrected chi connectivity index (χ0v) is 17.4. The summed E-state index contributed by atoms with van der Waals surface area (Å²) in [5.41, 5.74) is 0.538. The molecular formula is C19H34BrNO4. The summed E-state index contributed by atoms with van der Waals surface area (Å²) in [6, 6.07) is 0. The van der Waals surface area contributed by atoms with Gasteiger partial charge in [-0.05, 0) is 12.8 Å². The van der Waals surface area contributed by atoms with E-state index >= 15 is 0 Å². The van der Waals surface area contributed by atoms with Gasteiger partial charge < -0.3 is 14.8 Å². The van der Waals surface area contributed by atoms with E-state index in [0.717, 1.165) is 56.7 Å². The van der Waals surface area contributed by atoms with Crippen LogP contribution in [0.4, 0.5) is 0 Å². The van der Waals surface area contributed by atoms with E-state index in [9.17, 15) is 9.59 Å². The molecule has 6 heteroatoms. The number of carbonyl (C=O) groups is 2. The molecule has 0 unspecified atom stereocenters. The topological polar surface area (TPSA) is 64.6 Å². The van der Waals surface area contributed by atoms with Crippen molar-refractivity contribution in [2.24, 2.45) is 0 Å². The van der Waals surface area contributed by atoms with Gasteiger partial charge in [0.05, 0.1) is 19.6 Å². The smallest absolute Gasteiger partial charge is 0.332 e. The summed E-state index contributed by atoms with van der Waals surface area (Å²) in [6.07, 6.45) is 9.91. The predicted octanol–water partition coefficient (Wildman–Crippen LogP) is 4.49. The van der Waals surface area contributed by atoms with E-state index in [0.29, 0.717) is 25.5 Å². The lowest BCUT2D eigenvalue weighted by Gasteiger charge is -2.10. The number of hydrogen-bond acceptors (Lipinski definition) is 5. The van der Waals surface area contributed by atoms with Crippen molar-refractivity contribution in [2.45, 2.75) is 71.6 Å². The van der Waals surface area contributed by atoms with Crippen LogP contribution in [0.5, 0.6) is 0 Å². The maximum Gasteiger partial charge on any atom is 0.332 e. The third-order valence-corrected chi connectivity index (χ3v) is 3.97. The average Bonchev–Trinajstić information content (AvgIpc) is 2.59. The van der Waals surface area contributed by atoms with E-state index in [4.69, 9.17) is 9.47 Å². The molecule has 0 heterocycles. The first-order chi connectivity index (χ1) is 12.1. The summed E-state index contributed by atoms with van der Waals surface area (Å²) in [5, 5.41) is 3.79. The van der Waals surface area contributed by atoms with Crippen LogP contribution < -0.4 is 5.32 Å². The molecule has 0 aromatic heterocycles. The minimum absolute atomic E-state index is 0.0612. The number of alkyl halides is 1. The summed E-state index contributed by atoms with van der Waals surface area (Å²) >= 11 is 3.32. The maximum absolute atomic E-state index is 11.9. The number of ether oxygens (including phenoxy) is 2. The third kappa shape index (κ3) is 16.2. The van der Waals surface area contributed by atoms with Crippen LogP contribution >= 0.6 is 15.9 Å². The monoisotopic (exact) mass is 419 g/mol. The van der Waals surface area contributed by atoms with E-state index in [1.165, 1.54) is 6.08 Å². The summed E-state index contributed by atoms with van der Waals surface area (Å²) in [5.74, 6) is -0.732. The molecule has 0 amide bonds. The van der Waals surface area contributed by atoms with Crippen molar-refractivity contribution < 1.29 is 19.1 Å². The Morgan fingerprint density at radius 1 is 0.920 bits per heavy atom. The van der Waals surface area contributed by atoms with E-state index in [1.54, 1.807) is 0 Å². The molecule has 1 N–H and O–H groups in total. The second kappa shape index (κ2) is 17.8. The number of unbranched alkanes of at least 4 members (excludes halogenated alkanes) is 6. The molecule has 0 radical (unpaired) electrons. The first-order valence-corrected chi connectivity index (χ1v) is 10.6.